The van der Waals surface area contributed by atoms with Crippen molar-refractivity contribution in [3.05, 3.63) is 47.5 Å². The average molecular weight is 204 g/mol. The minimum absolute atomic E-state index is 1.35. The van der Waals surface area contributed by atoms with Crippen molar-refractivity contribution in [2.75, 3.05) is 0 Å². The summed E-state index contributed by atoms with van der Waals surface area (Å²) in [6.45, 7) is 8.48. The smallest absolute Gasteiger partial charge is 0.0317 e. The molecule has 1 aliphatic carbocycles. The van der Waals surface area contributed by atoms with Crippen LogP contribution in [0, 0.1) is 0 Å². The standard InChI is InChI=1S/C7H12.C6H6.C2H6/c1-6-4-3-5-7(6)2;1-2-4-6-5-3-1;1-2/h3-5H2,1-2H3;1-6H;1-2H3. The number of hydrogen-bond acceptors (Lipinski definition) is 0. The summed E-state index contributed by atoms with van der Waals surface area (Å²) in [5.74, 6) is 0. The van der Waals surface area contributed by atoms with Crippen LogP contribution in [0.15, 0.2) is 47.5 Å². The molecule has 0 unspecified atom stereocenters. The highest BCUT2D eigenvalue weighted by Gasteiger charge is 2.03. The van der Waals surface area contributed by atoms with E-state index in [-0.39, 0.29) is 0 Å². The molecule has 0 radical (unpaired) electrons. The molecule has 0 spiro atoms. The summed E-state index contributed by atoms with van der Waals surface area (Å²) in [6.07, 6.45) is 4.11. The first-order valence-electron chi connectivity index (χ1n) is 5.96. The van der Waals surface area contributed by atoms with Crippen LogP contribution in [0.5, 0.6) is 0 Å². The van der Waals surface area contributed by atoms with Gasteiger partial charge < -0.3 is 0 Å². The van der Waals surface area contributed by atoms with Gasteiger partial charge in [-0.2, -0.15) is 0 Å². The first-order chi connectivity index (χ1) is 7.30. The Hall–Kier alpha value is -1.04. The van der Waals surface area contributed by atoms with E-state index in [9.17, 15) is 0 Å². The predicted octanol–water partition coefficient (Wildman–Crippen LogP) is 5.22. The maximum Gasteiger partial charge on any atom is -0.0317 e. The van der Waals surface area contributed by atoms with Gasteiger partial charge in [0.2, 0.25) is 0 Å². The molecule has 2 rings (SSSR count). The second-order valence-corrected chi connectivity index (χ2v) is 3.57. The second-order valence-electron chi connectivity index (χ2n) is 3.57. The fraction of sp³-hybridized carbons (Fsp3) is 0.467. The first-order valence-corrected chi connectivity index (χ1v) is 5.96. The molecule has 0 aliphatic heterocycles. The van der Waals surface area contributed by atoms with Crippen LogP contribution >= 0.6 is 0 Å². The van der Waals surface area contributed by atoms with Gasteiger partial charge in [0.15, 0.2) is 0 Å². The van der Waals surface area contributed by atoms with Crippen LogP contribution in [0.4, 0.5) is 0 Å². The first kappa shape index (κ1) is 14.0. The summed E-state index contributed by atoms with van der Waals surface area (Å²) in [4.78, 5) is 0. The Labute approximate surface area is 95.0 Å². The maximum atomic E-state index is 2.24. The number of allylic oxidation sites excluding steroid dienone is 2. The highest BCUT2D eigenvalue weighted by Crippen LogP contribution is 2.23. The van der Waals surface area contributed by atoms with Crippen LogP contribution in [0.1, 0.15) is 47.0 Å². The molecule has 0 nitrogen and oxygen atoms in total. The Morgan fingerprint density at radius 1 is 0.667 bits per heavy atom. The zero-order valence-electron chi connectivity index (χ0n) is 10.6. The van der Waals surface area contributed by atoms with Crippen LogP contribution < -0.4 is 0 Å². The molecule has 0 saturated carbocycles. The molecule has 84 valence electrons. The summed E-state index contributed by atoms with van der Waals surface area (Å²) >= 11 is 0. The molecular weight excluding hydrogens is 180 g/mol. The average Bonchev–Trinajstić information content (AvgIpc) is 2.69. The van der Waals surface area contributed by atoms with Gasteiger partial charge in [0.25, 0.3) is 0 Å². The van der Waals surface area contributed by atoms with Gasteiger partial charge >= 0.3 is 0 Å². The van der Waals surface area contributed by atoms with Crippen molar-refractivity contribution < 1.29 is 0 Å². The van der Waals surface area contributed by atoms with Gasteiger partial charge in [0, 0.05) is 0 Å². The van der Waals surface area contributed by atoms with E-state index >= 15 is 0 Å². The van der Waals surface area contributed by atoms with Gasteiger partial charge in [-0.1, -0.05) is 61.4 Å². The zero-order valence-corrected chi connectivity index (χ0v) is 10.6. The quantitative estimate of drug-likeness (QED) is 0.508. The van der Waals surface area contributed by atoms with Crippen molar-refractivity contribution in [2.24, 2.45) is 0 Å². The van der Waals surface area contributed by atoms with Crippen molar-refractivity contribution in [3.63, 3.8) is 0 Å². The van der Waals surface area contributed by atoms with Crippen LogP contribution in [0.2, 0.25) is 0 Å². The molecule has 1 aromatic carbocycles. The van der Waals surface area contributed by atoms with Crippen LogP contribution in [0.3, 0.4) is 0 Å². The fourth-order valence-electron chi connectivity index (χ4n) is 1.43. The van der Waals surface area contributed by atoms with Gasteiger partial charge in [-0.15, -0.1) is 0 Å². The maximum absolute atomic E-state index is 2.24. The monoisotopic (exact) mass is 204 g/mol. The lowest BCUT2D eigenvalue weighted by Crippen LogP contribution is -1.66. The number of benzene rings is 1. The van der Waals surface area contributed by atoms with E-state index in [1.807, 2.05) is 50.2 Å². The van der Waals surface area contributed by atoms with E-state index in [0.717, 1.165) is 0 Å². The predicted molar refractivity (Wildman–Crippen MR) is 70.0 cm³/mol. The third-order valence-electron chi connectivity index (χ3n) is 2.50. The van der Waals surface area contributed by atoms with E-state index in [2.05, 4.69) is 13.8 Å². The third kappa shape index (κ3) is 6.96. The molecule has 0 heterocycles. The number of rotatable bonds is 0. The lowest BCUT2D eigenvalue weighted by Gasteiger charge is -1.87. The van der Waals surface area contributed by atoms with Crippen LogP contribution in [-0.4, -0.2) is 0 Å². The van der Waals surface area contributed by atoms with Crippen molar-refractivity contribution in [3.8, 4) is 0 Å². The lowest BCUT2D eigenvalue weighted by atomic mass is 10.2. The van der Waals surface area contributed by atoms with Gasteiger partial charge in [0.05, 0.1) is 0 Å². The highest BCUT2D eigenvalue weighted by atomic mass is 14.1. The molecule has 0 bridgehead atoms. The van der Waals surface area contributed by atoms with E-state index in [1.165, 1.54) is 19.3 Å². The molecular formula is C15H24. The zero-order chi connectivity index (χ0) is 11.5. The molecule has 0 atom stereocenters. The van der Waals surface area contributed by atoms with E-state index < -0.39 is 0 Å². The normalized spacial score (nSPS) is 13.6. The van der Waals surface area contributed by atoms with Crippen molar-refractivity contribution in [1.29, 1.82) is 0 Å². The van der Waals surface area contributed by atoms with Gasteiger partial charge in [-0.05, 0) is 33.1 Å². The fourth-order valence-corrected chi connectivity index (χ4v) is 1.43. The Morgan fingerprint density at radius 3 is 1.07 bits per heavy atom. The molecule has 0 saturated heterocycles. The molecule has 1 aliphatic rings. The minimum Gasteiger partial charge on any atom is -0.0744 e. The SMILES string of the molecule is CC.CC1=C(C)CCC1.c1ccccc1. The van der Waals surface area contributed by atoms with Crippen molar-refractivity contribution in [2.45, 2.75) is 47.0 Å². The molecule has 1 aromatic rings. The minimum atomic E-state index is 1.35. The van der Waals surface area contributed by atoms with E-state index in [4.69, 9.17) is 0 Å². The van der Waals surface area contributed by atoms with Crippen molar-refractivity contribution in [1.82, 2.24) is 0 Å². The Morgan fingerprint density at radius 2 is 0.933 bits per heavy atom. The Bertz CT molecular complexity index is 218. The Kier molecular flexibility index (Phi) is 8.85. The molecule has 0 aromatic heterocycles. The van der Waals surface area contributed by atoms with E-state index in [1.54, 1.807) is 11.1 Å². The molecule has 0 amide bonds. The second kappa shape index (κ2) is 9.51. The van der Waals surface area contributed by atoms with Crippen molar-refractivity contribution >= 4 is 0 Å². The van der Waals surface area contributed by atoms with E-state index in [0.29, 0.717) is 0 Å². The van der Waals surface area contributed by atoms with Crippen LogP contribution in [-0.2, 0) is 0 Å². The van der Waals surface area contributed by atoms with Crippen LogP contribution in [0.25, 0.3) is 0 Å². The summed E-state index contributed by atoms with van der Waals surface area (Å²) in [7, 11) is 0. The number of hydrogen-bond donors (Lipinski definition) is 0. The topological polar surface area (TPSA) is 0 Å². The lowest BCUT2D eigenvalue weighted by molar-refractivity contribution is 0.893. The summed E-state index contributed by atoms with van der Waals surface area (Å²) in [5.41, 5.74) is 3.25. The van der Waals surface area contributed by atoms with Gasteiger partial charge in [-0.25, -0.2) is 0 Å². The largest absolute Gasteiger partial charge is 0.0744 e. The van der Waals surface area contributed by atoms with Gasteiger partial charge in [-0.3, -0.25) is 0 Å². The highest BCUT2D eigenvalue weighted by molar-refractivity contribution is 5.14. The molecule has 0 heteroatoms. The summed E-state index contributed by atoms with van der Waals surface area (Å²) in [6, 6.07) is 12.0. The Balaban J connectivity index is 0.000000227. The third-order valence-corrected chi connectivity index (χ3v) is 2.50. The van der Waals surface area contributed by atoms with Gasteiger partial charge in [0.1, 0.15) is 0 Å². The molecule has 0 fully saturated rings. The summed E-state index contributed by atoms with van der Waals surface area (Å²) < 4.78 is 0. The summed E-state index contributed by atoms with van der Waals surface area (Å²) in [5, 5.41) is 0. The molecule has 15 heavy (non-hydrogen) atoms. The molecule has 0 N–H and O–H groups in total.